The Hall–Kier alpha value is -0.520. The van der Waals surface area contributed by atoms with E-state index >= 15 is 0 Å². The number of nitrogens with one attached hydrogen (secondary N) is 1. The van der Waals surface area contributed by atoms with Crippen molar-refractivity contribution in [2.24, 2.45) is 5.92 Å². The van der Waals surface area contributed by atoms with Gasteiger partial charge in [0.2, 0.25) is 0 Å². The smallest absolute Gasteiger partial charge is 0.137 e. The normalized spacial score (nSPS) is 25.4. The van der Waals surface area contributed by atoms with Crippen molar-refractivity contribution in [3.8, 4) is 0 Å². The Morgan fingerprint density at radius 3 is 2.67 bits per heavy atom. The van der Waals surface area contributed by atoms with Gasteiger partial charge in [0.25, 0.3) is 0 Å². The molecule has 0 aliphatic carbocycles. The Balaban J connectivity index is 2.35. The van der Waals surface area contributed by atoms with Crippen molar-refractivity contribution in [1.82, 2.24) is 5.32 Å². The molecule has 3 unspecified atom stereocenters. The lowest BCUT2D eigenvalue weighted by Gasteiger charge is -2.26. The van der Waals surface area contributed by atoms with Crippen LogP contribution in [0.15, 0.2) is 16.6 Å². The number of halogens is 3. The Morgan fingerprint density at radius 1 is 1.39 bits per heavy atom. The first-order valence-electron chi connectivity index (χ1n) is 5.98. The molecule has 18 heavy (non-hydrogen) atoms. The fraction of sp³-hybridized carbons (Fsp3) is 0.538. The van der Waals surface area contributed by atoms with Gasteiger partial charge in [0.05, 0.1) is 16.6 Å². The van der Waals surface area contributed by atoms with Gasteiger partial charge in [0.15, 0.2) is 0 Å². The molecule has 0 bridgehead atoms. The number of hydrogen-bond donors (Lipinski definition) is 1. The molecule has 0 aromatic heterocycles. The number of rotatable bonds is 3. The molecule has 1 saturated heterocycles. The maximum Gasteiger partial charge on any atom is 0.137 e. The highest BCUT2D eigenvalue weighted by molar-refractivity contribution is 9.10. The summed E-state index contributed by atoms with van der Waals surface area (Å²) in [5, 5.41) is 3.03. The molecule has 1 aromatic carbocycles. The third kappa shape index (κ3) is 2.58. The Morgan fingerprint density at radius 2 is 2.11 bits per heavy atom. The molecule has 1 aromatic rings. The molecule has 3 atom stereocenters. The number of benzene rings is 1. The van der Waals surface area contributed by atoms with Crippen molar-refractivity contribution >= 4 is 15.9 Å². The molecular weight excluding hydrogens is 304 g/mol. The first-order chi connectivity index (χ1) is 8.54. The zero-order valence-corrected chi connectivity index (χ0v) is 11.9. The molecule has 1 aliphatic heterocycles. The molecule has 1 fully saturated rings. The fourth-order valence-electron chi connectivity index (χ4n) is 2.42. The van der Waals surface area contributed by atoms with Gasteiger partial charge in [-0.05, 0) is 47.4 Å². The van der Waals surface area contributed by atoms with Gasteiger partial charge in [-0.1, -0.05) is 6.92 Å². The van der Waals surface area contributed by atoms with Gasteiger partial charge in [-0.15, -0.1) is 0 Å². The van der Waals surface area contributed by atoms with Gasteiger partial charge in [-0.3, -0.25) is 0 Å². The summed E-state index contributed by atoms with van der Waals surface area (Å²) in [5.41, 5.74) is 0.317. The summed E-state index contributed by atoms with van der Waals surface area (Å²) >= 11 is 2.98. The van der Waals surface area contributed by atoms with E-state index in [-0.39, 0.29) is 16.6 Å². The molecule has 2 nitrogen and oxygen atoms in total. The van der Waals surface area contributed by atoms with Gasteiger partial charge in [-0.2, -0.15) is 0 Å². The molecule has 1 heterocycles. The minimum absolute atomic E-state index is 0.120. The molecule has 1 N–H and O–H groups in total. The number of ether oxygens (including phenoxy) is 1. The van der Waals surface area contributed by atoms with E-state index in [1.807, 2.05) is 0 Å². The predicted molar refractivity (Wildman–Crippen MR) is 69.4 cm³/mol. The second kappa shape index (κ2) is 5.63. The summed E-state index contributed by atoms with van der Waals surface area (Å²) in [4.78, 5) is 0. The lowest BCUT2D eigenvalue weighted by atomic mass is 9.92. The van der Waals surface area contributed by atoms with Crippen LogP contribution in [0, 0.1) is 17.6 Å². The zero-order chi connectivity index (χ0) is 13.3. The van der Waals surface area contributed by atoms with Crippen LogP contribution in [-0.2, 0) is 4.74 Å². The minimum Gasteiger partial charge on any atom is -0.376 e. The molecule has 100 valence electrons. The monoisotopic (exact) mass is 319 g/mol. The summed E-state index contributed by atoms with van der Waals surface area (Å²) in [7, 11) is 1.73. The number of likely N-dealkylation sites (N-methyl/N-ethyl adjacent to an activating group) is 1. The van der Waals surface area contributed by atoms with Crippen molar-refractivity contribution < 1.29 is 13.5 Å². The Kier molecular flexibility index (Phi) is 4.35. The van der Waals surface area contributed by atoms with Crippen molar-refractivity contribution in [1.29, 1.82) is 0 Å². The van der Waals surface area contributed by atoms with E-state index < -0.39 is 11.6 Å². The molecule has 0 saturated carbocycles. The molecule has 1 aliphatic rings. The molecule has 0 radical (unpaired) electrons. The van der Waals surface area contributed by atoms with E-state index in [2.05, 4.69) is 28.2 Å². The second-order valence-electron chi connectivity index (χ2n) is 4.66. The lowest BCUT2D eigenvalue weighted by Crippen LogP contribution is -2.33. The topological polar surface area (TPSA) is 21.3 Å². The predicted octanol–water partition coefficient (Wildman–Crippen LogP) is 3.41. The standard InChI is InChI=1S/C13H16BrF2NO/c1-7-3-4-18-13(7)12(17-2)8-5-11(16)9(14)6-10(8)15/h5-7,12-13,17H,3-4H2,1-2H3. The van der Waals surface area contributed by atoms with Crippen LogP contribution in [0.3, 0.4) is 0 Å². The maximum absolute atomic E-state index is 14.0. The van der Waals surface area contributed by atoms with E-state index in [1.54, 1.807) is 7.05 Å². The van der Waals surface area contributed by atoms with Crippen LogP contribution in [-0.4, -0.2) is 19.8 Å². The summed E-state index contributed by atoms with van der Waals surface area (Å²) in [6.07, 6.45) is 0.828. The van der Waals surface area contributed by atoms with E-state index in [0.29, 0.717) is 18.1 Å². The van der Waals surface area contributed by atoms with E-state index in [9.17, 15) is 8.78 Å². The first-order valence-corrected chi connectivity index (χ1v) is 6.77. The quantitative estimate of drug-likeness (QED) is 0.862. The average Bonchev–Trinajstić information content (AvgIpc) is 2.73. The van der Waals surface area contributed by atoms with E-state index in [4.69, 9.17) is 4.74 Å². The highest BCUT2D eigenvalue weighted by Gasteiger charge is 2.33. The average molecular weight is 320 g/mol. The zero-order valence-electron chi connectivity index (χ0n) is 10.3. The molecule has 5 heteroatoms. The van der Waals surface area contributed by atoms with Gasteiger partial charge in [0, 0.05) is 12.2 Å². The van der Waals surface area contributed by atoms with Gasteiger partial charge >= 0.3 is 0 Å². The van der Waals surface area contributed by atoms with Crippen LogP contribution >= 0.6 is 15.9 Å². The van der Waals surface area contributed by atoms with Crippen LogP contribution in [0.5, 0.6) is 0 Å². The Bertz CT molecular complexity index is 441. The van der Waals surface area contributed by atoms with Crippen molar-refractivity contribution in [3.05, 3.63) is 33.8 Å². The summed E-state index contributed by atoms with van der Waals surface area (Å²) in [5.74, 6) is -0.559. The third-order valence-corrected chi connectivity index (χ3v) is 4.07. The largest absolute Gasteiger partial charge is 0.376 e. The van der Waals surface area contributed by atoms with Crippen LogP contribution in [0.4, 0.5) is 8.78 Å². The van der Waals surface area contributed by atoms with E-state index in [1.165, 1.54) is 6.07 Å². The molecular formula is C13H16BrF2NO. The van der Waals surface area contributed by atoms with Crippen molar-refractivity contribution in [2.75, 3.05) is 13.7 Å². The van der Waals surface area contributed by atoms with Gasteiger partial charge < -0.3 is 10.1 Å². The minimum atomic E-state index is -0.461. The molecule has 0 spiro atoms. The van der Waals surface area contributed by atoms with Crippen molar-refractivity contribution in [3.63, 3.8) is 0 Å². The van der Waals surface area contributed by atoms with Crippen LogP contribution in [0.2, 0.25) is 0 Å². The highest BCUT2D eigenvalue weighted by atomic mass is 79.9. The highest BCUT2D eigenvalue weighted by Crippen LogP contribution is 2.33. The lowest BCUT2D eigenvalue weighted by molar-refractivity contribution is 0.0619. The first kappa shape index (κ1) is 13.9. The van der Waals surface area contributed by atoms with E-state index in [0.717, 1.165) is 12.5 Å². The van der Waals surface area contributed by atoms with Gasteiger partial charge in [0.1, 0.15) is 11.6 Å². The maximum atomic E-state index is 14.0. The fourth-order valence-corrected chi connectivity index (χ4v) is 2.73. The van der Waals surface area contributed by atoms with Crippen LogP contribution < -0.4 is 5.32 Å². The van der Waals surface area contributed by atoms with Crippen LogP contribution in [0.25, 0.3) is 0 Å². The molecule has 0 amide bonds. The van der Waals surface area contributed by atoms with Gasteiger partial charge in [-0.25, -0.2) is 8.78 Å². The van der Waals surface area contributed by atoms with Crippen molar-refractivity contribution in [2.45, 2.75) is 25.5 Å². The third-order valence-electron chi connectivity index (χ3n) is 3.46. The summed E-state index contributed by atoms with van der Waals surface area (Å²) in [6, 6.07) is 2.06. The summed E-state index contributed by atoms with van der Waals surface area (Å²) in [6.45, 7) is 2.74. The SMILES string of the molecule is CNC(c1cc(F)c(Br)cc1F)C1OCCC1C. The summed E-state index contributed by atoms with van der Waals surface area (Å²) < 4.78 is 33.3. The molecule has 2 rings (SSSR count). The second-order valence-corrected chi connectivity index (χ2v) is 5.51. The Labute approximate surface area is 114 Å². The van der Waals surface area contributed by atoms with Crippen LogP contribution in [0.1, 0.15) is 24.9 Å². The number of hydrogen-bond acceptors (Lipinski definition) is 2.